The number of furan rings is 1. The standard InChI is InChI=1S/C18H25N3O3/c1-13-11-16(14(2)24-13)18(22)21-7-4-5-15(12-21)17-19-6-8-20(17)9-10-23-3/h6,8,11,15H,4-5,7,9-10,12H2,1-3H3/t15-/m1/s1. The molecule has 0 unspecified atom stereocenters. The van der Waals surface area contributed by atoms with Crippen molar-refractivity contribution >= 4 is 5.91 Å². The molecule has 1 aliphatic rings. The van der Waals surface area contributed by atoms with Crippen LogP contribution in [0.25, 0.3) is 0 Å². The third-order valence-corrected chi connectivity index (χ3v) is 4.63. The van der Waals surface area contributed by atoms with Gasteiger partial charge in [-0.1, -0.05) is 0 Å². The van der Waals surface area contributed by atoms with Crippen molar-refractivity contribution in [2.75, 3.05) is 26.8 Å². The number of amides is 1. The van der Waals surface area contributed by atoms with Crippen molar-refractivity contribution in [3.63, 3.8) is 0 Å². The lowest BCUT2D eigenvalue weighted by molar-refractivity contribution is 0.0700. The molecule has 0 saturated carbocycles. The average molecular weight is 331 g/mol. The predicted molar refractivity (Wildman–Crippen MR) is 90.2 cm³/mol. The minimum absolute atomic E-state index is 0.0593. The van der Waals surface area contributed by atoms with Crippen LogP contribution in [0.5, 0.6) is 0 Å². The van der Waals surface area contributed by atoms with Crippen molar-refractivity contribution in [1.29, 1.82) is 0 Å². The number of methoxy groups -OCH3 is 1. The molecule has 0 spiro atoms. The second-order valence-electron chi connectivity index (χ2n) is 6.39. The van der Waals surface area contributed by atoms with Crippen molar-refractivity contribution < 1.29 is 13.9 Å². The van der Waals surface area contributed by atoms with Crippen LogP contribution >= 0.6 is 0 Å². The molecule has 130 valence electrons. The van der Waals surface area contributed by atoms with Gasteiger partial charge < -0.3 is 18.6 Å². The molecule has 0 bridgehead atoms. The van der Waals surface area contributed by atoms with E-state index in [2.05, 4.69) is 9.55 Å². The Morgan fingerprint density at radius 2 is 2.29 bits per heavy atom. The topological polar surface area (TPSA) is 60.5 Å². The summed E-state index contributed by atoms with van der Waals surface area (Å²) in [4.78, 5) is 19.3. The first-order chi connectivity index (χ1) is 11.6. The summed E-state index contributed by atoms with van der Waals surface area (Å²) >= 11 is 0. The zero-order chi connectivity index (χ0) is 17.1. The molecule has 0 N–H and O–H groups in total. The van der Waals surface area contributed by atoms with E-state index in [1.807, 2.05) is 37.2 Å². The smallest absolute Gasteiger partial charge is 0.257 e. The Labute approximate surface area is 142 Å². The normalized spacial score (nSPS) is 18.1. The summed E-state index contributed by atoms with van der Waals surface area (Å²) in [6, 6.07) is 1.83. The molecule has 1 saturated heterocycles. The first-order valence-corrected chi connectivity index (χ1v) is 8.46. The summed E-state index contributed by atoms with van der Waals surface area (Å²) in [5, 5.41) is 0. The first-order valence-electron chi connectivity index (χ1n) is 8.46. The summed E-state index contributed by atoms with van der Waals surface area (Å²) in [6.45, 7) is 6.65. The average Bonchev–Trinajstić information content (AvgIpc) is 3.18. The van der Waals surface area contributed by atoms with E-state index in [4.69, 9.17) is 9.15 Å². The van der Waals surface area contributed by atoms with Gasteiger partial charge in [-0.15, -0.1) is 0 Å². The second-order valence-corrected chi connectivity index (χ2v) is 6.39. The van der Waals surface area contributed by atoms with Crippen LogP contribution in [0.3, 0.4) is 0 Å². The van der Waals surface area contributed by atoms with E-state index in [1.54, 1.807) is 7.11 Å². The number of hydrogen-bond donors (Lipinski definition) is 0. The molecule has 0 aromatic carbocycles. The summed E-state index contributed by atoms with van der Waals surface area (Å²) in [7, 11) is 1.70. The number of piperidine rings is 1. The van der Waals surface area contributed by atoms with Crippen LogP contribution in [-0.4, -0.2) is 47.2 Å². The number of aromatic nitrogens is 2. The lowest BCUT2D eigenvalue weighted by Crippen LogP contribution is -2.40. The Bertz CT molecular complexity index is 704. The zero-order valence-corrected chi connectivity index (χ0v) is 14.6. The molecule has 24 heavy (non-hydrogen) atoms. The molecule has 0 aliphatic carbocycles. The number of carbonyl (C=O) groups excluding carboxylic acids is 1. The lowest BCUT2D eigenvalue weighted by Gasteiger charge is -2.32. The van der Waals surface area contributed by atoms with Gasteiger partial charge in [0.25, 0.3) is 5.91 Å². The van der Waals surface area contributed by atoms with Crippen molar-refractivity contribution in [3.8, 4) is 0 Å². The highest BCUT2D eigenvalue weighted by molar-refractivity contribution is 5.95. The van der Waals surface area contributed by atoms with Crippen LogP contribution < -0.4 is 0 Å². The highest BCUT2D eigenvalue weighted by Gasteiger charge is 2.29. The van der Waals surface area contributed by atoms with Gasteiger partial charge in [0.05, 0.1) is 12.2 Å². The molecule has 3 heterocycles. The van der Waals surface area contributed by atoms with Gasteiger partial charge in [-0.2, -0.15) is 0 Å². The summed E-state index contributed by atoms with van der Waals surface area (Å²) in [5.41, 5.74) is 0.677. The monoisotopic (exact) mass is 331 g/mol. The van der Waals surface area contributed by atoms with Gasteiger partial charge in [-0.3, -0.25) is 4.79 Å². The van der Waals surface area contributed by atoms with Gasteiger partial charge in [-0.05, 0) is 32.8 Å². The number of rotatable bonds is 5. The van der Waals surface area contributed by atoms with E-state index in [0.717, 1.165) is 37.5 Å². The first kappa shape index (κ1) is 16.8. The molecule has 6 nitrogen and oxygen atoms in total. The van der Waals surface area contributed by atoms with Crippen LogP contribution in [0.15, 0.2) is 22.9 Å². The van der Waals surface area contributed by atoms with Crippen molar-refractivity contribution in [2.24, 2.45) is 0 Å². The van der Waals surface area contributed by atoms with Crippen LogP contribution in [0, 0.1) is 13.8 Å². The molecule has 1 fully saturated rings. The third kappa shape index (κ3) is 3.38. The minimum atomic E-state index is 0.0593. The molecule has 2 aromatic heterocycles. The Morgan fingerprint density at radius 3 is 3.00 bits per heavy atom. The summed E-state index contributed by atoms with van der Waals surface area (Å²) in [6.07, 6.45) is 5.86. The number of nitrogens with zero attached hydrogens (tertiary/aromatic N) is 3. The second kappa shape index (κ2) is 7.21. The molecular formula is C18H25N3O3. The Kier molecular flexibility index (Phi) is 5.04. The molecule has 1 atom stereocenters. The fraction of sp³-hybridized carbons (Fsp3) is 0.556. The van der Waals surface area contributed by atoms with E-state index >= 15 is 0 Å². The highest BCUT2D eigenvalue weighted by Crippen LogP contribution is 2.27. The van der Waals surface area contributed by atoms with Crippen LogP contribution in [0.2, 0.25) is 0 Å². The maximum atomic E-state index is 12.8. The number of ether oxygens (including phenoxy) is 1. The Hall–Kier alpha value is -2.08. The summed E-state index contributed by atoms with van der Waals surface area (Å²) in [5.74, 6) is 2.84. The molecule has 6 heteroatoms. The van der Waals surface area contributed by atoms with Crippen molar-refractivity contribution in [2.45, 2.75) is 39.2 Å². The van der Waals surface area contributed by atoms with Crippen LogP contribution in [-0.2, 0) is 11.3 Å². The Balaban J connectivity index is 1.74. The molecular weight excluding hydrogens is 306 g/mol. The number of imidazole rings is 1. The van der Waals surface area contributed by atoms with Gasteiger partial charge in [0.2, 0.25) is 0 Å². The maximum absolute atomic E-state index is 12.8. The zero-order valence-electron chi connectivity index (χ0n) is 14.6. The van der Waals surface area contributed by atoms with Gasteiger partial charge in [0.1, 0.15) is 17.3 Å². The van der Waals surface area contributed by atoms with E-state index < -0.39 is 0 Å². The SMILES string of the molecule is COCCn1ccnc1[C@@H]1CCCN(C(=O)c2cc(C)oc2C)C1. The third-order valence-electron chi connectivity index (χ3n) is 4.63. The largest absolute Gasteiger partial charge is 0.466 e. The quantitative estimate of drug-likeness (QED) is 0.845. The van der Waals surface area contributed by atoms with E-state index in [-0.39, 0.29) is 11.8 Å². The van der Waals surface area contributed by atoms with Gasteiger partial charge in [0.15, 0.2) is 0 Å². The molecule has 1 amide bonds. The molecule has 3 rings (SSSR count). The van der Waals surface area contributed by atoms with Gasteiger partial charge in [-0.25, -0.2) is 4.98 Å². The van der Waals surface area contributed by atoms with Gasteiger partial charge >= 0.3 is 0 Å². The number of hydrogen-bond acceptors (Lipinski definition) is 4. The lowest BCUT2D eigenvalue weighted by atomic mass is 9.96. The van der Waals surface area contributed by atoms with E-state index in [9.17, 15) is 4.79 Å². The van der Waals surface area contributed by atoms with Crippen LogP contribution in [0.1, 0.15) is 46.5 Å². The van der Waals surface area contributed by atoms with E-state index in [0.29, 0.717) is 24.5 Å². The predicted octanol–water partition coefficient (Wildman–Crippen LogP) is 2.76. The van der Waals surface area contributed by atoms with E-state index in [1.165, 1.54) is 0 Å². The van der Waals surface area contributed by atoms with Gasteiger partial charge in [0, 0.05) is 45.1 Å². The number of likely N-dealkylation sites (tertiary alicyclic amines) is 1. The van der Waals surface area contributed by atoms with Crippen LogP contribution in [0.4, 0.5) is 0 Å². The summed E-state index contributed by atoms with van der Waals surface area (Å²) < 4.78 is 12.8. The number of carbonyl (C=O) groups is 1. The van der Waals surface area contributed by atoms with Crippen molar-refractivity contribution in [1.82, 2.24) is 14.5 Å². The highest BCUT2D eigenvalue weighted by atomic mass is 16.5. The fourth-order valence-corrected chi connectivity index (χ4v) is 3.45. The molecule has 2 aromatic rings. The Morgan fingerprint density at radius 1 is 1.46 bits per heavy atom. The maximum Gasteiger partial charge on any atom is 0.257 e. The number of aryl methyl sites for hydroxylation is 2. The molecule has 0 radical (unpaired) electrons. The van der Waals surface area contributed by atoms with Crippen molar-refractivity contribution in [3.05, 3.63) is 41.4 Å². The fourth-order valence-electron chi connectivity index (χ4n) is 3.45. The molecule has 1 aliphatic heterocycles. The minimum Gasteiger partial charge on any atom is -0.466 e.